The number of hydrogen-bond donors (Lipinski definition) is 2. The molecule has 0 bridgehead atoms. The second-order valence-electron chi connectivity index (χ2n) is 4.44. The van der Waals surface area contributed by atoms with Crippen molar-refractivity contribution >= 4 is 21.4 Å². The number of halogens is 1. The Morgan fingerprint density at radius 1 is 1.25 bits per heavy atom. The van der Waals surface area contributed by atoms with Gasteiger partial charge in [-0.1, -0.05) is 0 Å². The van der Waals surface area contributed by atoms with Gasteiger partial charge in [0.1, 0.15) is 0 Å². The number of aromatic nitrogens is 1. The van der Waals surface area contributed by atoms with Crippen LogP contribution in [0.3, 0.4) is 0 Å². The Balaban J connectivity index is 2.43. The van der Waals surface area contributed by atoms with Crippen LogP contribution in [-0.2, 0) is 10.0 Å². The number of pyridine rings is 1. The van der Waals surface area contributed by atoms with Crippen LogP contribution in [0.4, 0.5) is 15.8 Å². The number of rotatable bonds is 3. The largest absolute Gasteiger partial charge is 0.399 e. The van der Waals surface area contributed by atoms with E-state index < -0.39 is 16.0 Å². The van der Waals surface area contributed by atoms with Crippen LogP contribution >= 0.6 is 0 Å². The zero-order valence-electron chi connectivity index (χ0n) is 11.0. The third-order valence-corrected chi connectivity index (χ3v) is 4.42. The fourth-order valence-electron chi connectivity index (χ4n) is 1.78. The molecular formula is C13H14FN3O2S. The summed E-state index contributed by atoms with van der Waals surface area (Å²) in [7, 11) is -3.79. The molecule has 0 aliphatic carbocycles. The number of benzene rings is 1. The molecule has 2 aromatic rings. The summed E-state index contributed by atoms with van der Waals surface area (Å²) in [5.74, 6) is -0.677. The first-order chi connectivity index (χ1) is 9.29. The Bertz CT molecular complexity index is 743. The predicted molar refractivity (Wildman–Crippen MR) is 75.3 cm³/mol. The van der Waals surface area contributed by atoms with Crippen molar-refractivity contribution in [3.63, 3.8) is 0 Å². The van der Waals surface area contributed by atoms with Crippen LogP contribution in [0.25, 0.3) is 0 Å². The van der Waals surface area contributed by atoms with Crippen LogP contribution in [0.15, 0.2) is 35.4 Å². The number of aryl methyl sites for hydroxylation is 1. The summed E-state index contributed by atoms with van der Waals surface area (Å²) in [4.78, 5) is 3.49. The lowest BCUT2D eigenvalue weighted by Gasteiger charge is -2.12. The molecule has 0 saturated carbocycles. The second-order valence-corrected chi connectivity index (χ2v) is 6.09. The number of nitrogens with zero attached hydrogens (tertiary/aromatic N) is 1. The third-order valence-electron chi connectivity index (χ3n) is 2.91. The molecule has 2 rings (SSSR count). The van der Waals surface area contributed by atoms with E-state index in [2.05, 4.69) is 9.71 Å². The second kappa shape index (κ2) is 5.09. The summed E-state index contributed by atoms with van der Waals surface area (Å²) in [6, 6.07) is 5.47. The maximum absolute atomic E-state index is 12.7. The van der Waals surface area contributed by atoms with Gasteiger partial charge in [0.05, 0.1) is 16.8 Å². The average molecular weight is 295 g/mol. The molecule has 106 valence electrons. The Labute approximate surface area is 116 Å². The van der Waals surface area contributed by atoms with Gasteiger partial charge in [-0.15, -0.1) is 0 Å². The summed E-state index contributed by atoms with van der Waals surface area (Å²) in [5, 5.41) is 0. The van der Waals surface area contributed by atoms with Crippen molar-refractivity contribution in [2.24, 2.45) is 0 Å². The van der Waals surface area contributed by atoms with Crippen LogP contribution < -0.4 is 10.5 Å². The minimum atomic E-state index is -3.79. The molecular weight excluding hydrogens is 281 g/mol. The SMILES string of the molecule is Cc1cc(N)cc(S(=O)(=O)Nc2ccc(F)nc2)c1C. The first-order valence-electron chi connectivity index (χ1n) is 5.81. The van der Waals surface area contributed by atoms with E-state index in [1.54, 1.807) is 19.9 Å². The van der Waals surface area contributed by atoms with Crippen LogP contribution in [0.1, 0.15) is 11.1 Å². The highest BCUT2D eigenvalue weighted by Crippen LogP contribution is 2.24. The van der Waals surface area contributed by atoms with Gasteiger partial charge in [0.25, 0.3) is 10.0 Å². The van der Waals surface area contributed by atoms with Crippen LogP contribution in [0.5, 0.6) is 0 Å². The molecule has 0 fully saturated rings. The lowest BCUT2D eigenvalue weighted by atomic mass is 10.1. The molecule has 20 heavy (non-hydrogen) atoms. The first kappa shape index (κ1) is 14.3. The summed E-state index contributed by atoms with van der Waals surface area (Å²) in [6.07, 6.45) is 1.11. The number of sulfonamides is 1. The van der Waals surface area contributed by atoms with Crippen LogP contribution in [0.2, 0.25) is 0 Å². The van der Waals surface area contributed by atoms with E-state index in [9.17, 15) is 12.8 Å². The molecule has 0 saturated heterocycles. The van der Waals surface area contributed by atoms with E-state index in [4.69, 9.17) is 5.73 Å². The van der Waals surface area contributed by atoms with Gasteiger partial charge in [0.15, 0.2) is 0 Å². The number of nitrogen functional groups attached to an aromatic ring is 1. The molecule has 0 atom stereocenters. The molecule has 1 aromatic heterocycles. The van der Waals surface area contributed by atoms with Crippen molar-refractivity contribution in [3.8, 4) is 0 Å². The topological polar surface area (TPSA) is 85.1 Å². The Morgan fingerprint density at radius 3 is 2.55 bits per heavy atom. The van der Waals surface area contributed by atoms with E-state index in [0.29, 0.717) is 11.3 Å². The maximum atomic E-state index is 12.7. The fraction of sp³-hybridized carbons (Fsp3) is 0.154. The number of anilines is 2. The number of hydrogen-bond acceptors (Lipinski definition) is 4. The summed E-state index contributed by atoms with van der Waals surface area (Å²) in [6.45, 7) is 3.48. The molecule has 0 radical (unpaired) electrons. The smallest absolute Gasteiger partial charge is 0.262 e. The predicted octanol–water partition coefficient (Wildman–Crippen LogP) is 2.22. The minimum Gasteiger partial charge on any atom is -0.399 e. The minimum absolute atomic E-state index is 0.0966. The molecule has 0 aliphatic rings. The Kier molecular flexibility index (Phi) is 3.63. The van der Waals surface area contributed by atoms with E-state index in [1.807, 2.05) is 0 Å². The molecule has 5 nitrogen and oxygen atoms in total. The van der Waals surface area contributed by atoms with E-state index in [-0.39, 0.29) is 10.6 Å². The van der Waals surface area contributed by atoms with Gasteiger partial charge in [-0.2, -0.15) is 4.39 Å². The van der Waals surface area contributed by atoms with Crippen molar-refractivity contribution in [1.29, 1.82) is 0 Å². The van der Waals surface area contributed by atoms with Gasteiger partial charge in [-0.3, -0.25) is 4.72 Å². The van der Waals surface area contributed by atoms with Crippen molar-refractivity contribution in [1.82, 2.24) is 4.98 Å². The zero-order chi connectivity index (χ0) is 14.9. The van der Waals surface area contributed by atoms with Gasteiger partial charge in [0, 0.05) is 5.69 Å². The maximum Gasteiger partial charge on any atom is 0.262 e. The molecule has 0 aliphatic heterocycles. The van der Waals surface area contributed by atoms with Crippen molar-refractivity contribution in [2.45, 2.75) is 18.7 Å². The van der Waals surface area contributed by atoms with Crippen molar-refractivity contribution < 1.29 is 12.8 Å². The van der Waals surface area contributed by atoms with Gasteiger partial charge < -0.3 is 5.73 Å². The fourth-order valence-corrected chi connectivity index (χ4v) is 3.18. The molecule has 0 unspecified atom stereocenters. The Morgan fingerprint density at radius 2 is 1.95 bits per heavy atom. The molecule has 1 aromatic carbocycles. The lowest BCUT2D eigenvalue weighted by Crippen LogP contribution is -2.15. The molecule has 3 N–H and O–H groups in total. The normalized spacial score (nSPS) is 11.3. The molecule has 1 heterocycles. The third kappa shape index (κ3) is 2.88. The summed E-state index contributed by atoms with van der Waals surface area (Å²) < 4.78 is 39.7. The summed E-state index contributed by atoms with van der Waals surface area (Å²) in [5.41, 5.74) is 7.63. The Hall–Kier alpha value is -2.15. The molecule has 0 spiro atoms. The van der Waals surface area contributed by atoms with Crippen LogP contribution in [-0.4, -0.2) is 13.4 Å². The van der Waals surface area contributed by atoms with Gasteiger partial charge in [0.2, 0.25) is 5.95 Å². The average Bonchev–Trinajstić information content (AvgIpc) is 2.36. The van der Waals surface area contributed by atoms with Crippen LogP contribution in [0, 0.1) is 19.8 Å². The van der Waals surface area contributed by atoms with E-state index in [0.717, 1.165) is 17.8 Å². The number of nitrogens with two attached hydrogens (primary N) is 1. The lowest BCUT2D eigenvalue weighted by molar-refractivity contribution is 0.583. The van der Waals surface area contributed by atoms with Crippen molar-refractivity contribution in [2.75, 3.05) is 10.5 Å². The standard InChI is InChI=1S/C13H14FN3O2S/c1-8-5-10(15)6-12(9(8)2)20(18,19)17-11-3-4-13(14)16-7-11/h3-7,17H,15H2,1-2H3. The first-order valence-corrected chi connectivity index (χ1v) is 7.29. The molecule has 7 heteroatoms. The van der Waals surface area contributed by atoms with Gasteiger partial charge >= 0.3 is 0 Å². The highest BCUT2D eigenvalue weighted by atomic mass is 32.2. The highest BCUT2D eigenvalue weighted by Gasteiger charge is 2.19. The highest BCUT2D eigenvalue weighted by molar-refractivity contribution is 7.92. The van der Waals surface area contributed by atoms with Crippen molar-refractivity contribution in [3.05, 3.63) is 47.5 Å². The summed E-state index contributed by atoms with van der Waals surface area (Å²) >= 11 is 0. The van der Waals surface area contributed by atoms with E-state index in [1.165, 1.54) is 12.1 Å². The monoisotopic (exact) mass is 295 g/mol. The van der Waals surface area contributed by atoms with E-state index >= 15 is 0 Å². The van der Waals surface area contributed by atoms with Gasteiger partial charge in [-0.25, -0.2) is 13.4 Å². The zero-order valence-corrected chi connectivity index (χ0v) is 11.8. The number of nitrogens with one attached hydrogen (secondary N) is 1. The quantitative estimate of drug-likeness (QED) is 0.671. The molecule has 0 amide bonds. The van der Waals surface area contributed by atoms with Gasteiger partial charge in [-0.05, 0) is 49.2 Å².